The molecule has 0 saturated heterocycles. The van der Waals surface area contributed by atoms with Gasteiger partial charge in [-0.25, -0.2) is 0 Å². The van der Waals surface area contributed by atoms with E-state index in [1.54, 1.807) is 13.1 Å². The third kappa shape index (κ3) is 2.73. The SMILES string of the molecule is Cc1nccnc1C[C@H](O)[C@H](O)CO. The van der Waals surface area contributed by atoms with Crippen LogP contribution < -0.4 is 0 Å². The minimum absolute atomic E-state index is 0.196. The molecule has 0 fully saturated rings. The van der Waals surface area contributed by atoms with Gasteiger partial charge in [0.1, 0.15) is 6.10 Å². The molecule has 1 heterocycles. The third-order valence-electron chi connectivity index (χ3n) is 2.02. The smallest absolute Gasteiger partial charge is 0.103 e. The van der Waals surface area contributed by atoms with Gasteiger partial charge in [0.05, 0.1) is 24.1 Å². The summed E-state index contributed by atoms with van der Waals surface area (Å²) in [5.74, 6) is 0. The Morgan fingerprint density at radius 1 is 1.21 bits per heavy atom. The topological polar surface area (TPSA) is 86.5 Å². The standard InChI is InChI=1S/C9H14N2O3/c1-6-7(11-3-2-10-6)4-8(13)9(14)5-12/h2-3,8-9,12-14H,4-5H2,1H3/t8-,9+/m0/s1. The molecule has 0 unspecified atom stereocenters. The van der Waals surface area contributed by atoms with E-state index in [4.69, 9.17) is 10.2 Å². The first-order chi connectivity index (χ1) is 6.65. The second-order valence-electron chi connectivity index (χ2n) is 3.11. The van der Waals surface area contributed by atoms with Gasteiger partial charge in [-0.3, -0.25) is 9.97 Å². The van der Waals surface area contributed by atoms with Crippen molar-refractivity contribution in [1.29, 1.82) is 0 Å². The summed E-state index contributed by atoms with van der Waals surface area (Å²) in [7, 11) is 0. The Morgan fingerprint density at radius 3 is 2.43 bits per heavy atom. The third-order valence-corrected chi connectivity index (χ3v) is 2.02. The lowest BCUT2D eigenvalue weighted by Gasteiger charge is -2.15. The van der Waals surface area contributed by atoms with Gasteiger partial charge in [-0.2, -0.15) is 0 Å². The summed E-state index contributed by atoms with van der Waals surface area (Å²) in [5, 5.41) is 27.2. The zero-order valence-electron chi connectivity index (χ0n) is 7.96. The molecule has 0 radical (unpaired) electrons. The lowest BCUT2D eigenvalue weighted by Crippen LogP contribution is -2.31. The Balaban J connectivity index is 2.64. The van der Waals surface area contributed by atoms with E-state index < -0.39 is 18.8 Å². The van der Waals surface area contributed by atoms with Crippen molar-refractivity contribution in [3.63, 3.8) is 0 Å². The van der Waals surface area contributed by atoms with Gasteiger partial charge in [-0.1, -0.05) is 0 Å². The van der Waals surface area contributed by atoms with Crippen LogP contribution in [0, 0.1) is 6.92 Å². The van der Waals surface area contributed by atoms with Crippen LogP contribution in [-0.2, 0) is 6.42 Å². The molecule has 78 valence electrons. The molecule has 0 saturated carbocycles. The molecule has 1 aromatic heterocycles. The van der Waals surface area contributed by atoms with Crippen LogP contribution in [0.25, 0.3) is 0 Å². The van der Waals surface area contributed by atoms with E-state index >= 15 is 0 Å². The van der Waals surface area contributed by atoms with Crippen LogP contribution >= 0.6 is 0 Å². The van der Waals surface area contributed by atoms with Crippen LogP contribution in [0.15, 0.2) is 12.4 Å². The van der Waals surface area contributed by atoms with Gasteiger partial charge < -0.3 is 15.3 Å². The summed E-state index contributed by atoms with van der Waals surface area (Å²) in [6, 6.07) is 0. The van der Waals surface area contributed by atoms with Gasteiger partial charge in [0.15, 0.2) is 0 Å². The monoisotopic (exact) mass is 198 g/mol. The molecular weight excluding hydrogens is 184 g/mol. The molecule has 1 rings (SSSR count). The van der Waals surface area contributed by atoms with Crippen molar-refractivity contribution in [3.05, 3.63) is 23.8 Å². The maximum atomic E-state index is 9.42. The lowest BCUT2D eigenvalue weighted by molar-refractivity contribution is -0.0137. The van der Waals surface area contributed by atoms with E-state index in [1.165, 1.54) is 6.20 Å². The lowest BCUT2D eigenvalue weighted by atomic mass is 10.1. The van der Waals surface area contributed by atoms with Gasteiger partial charge in [-0.15, -0.1) is 0 Å². The molecule has 3 N–H and O–H groups in total. The summed E-state index contributed by atoms with van der Waals surface area (Å²) in [6.07, 6.45) is 1.15. The molecule has 0 aliphatic rings. The van der Waals surface area contributed by atoms with Gasteiger partial charge in [0, 0.05) is 18.8 Å². The molecule has 5 heteroatoms. The molecule has 0 spiro atoms. The number of aryl methyl sites for hydroxylation is 1. The highest BCUT2D eigenvalue weighted by Crippen LogP contribution is 2.06. The summed E-state index contributed by atoms with van der Waals surface area (Å²) in [4.78, 5) is 8.02. The Labute approximate surface area is 82.1 Å². The summed E-state index contributed by atoms with van der Waals surface area (Å²) in [6.45, 7) is 1.32. The highest BCUT2D eigenvalue weighted by molar-refractivity contribution is 5.09. The van der Waals surface area contributed by atoms with Crippen molar-refractivity contribution in [3.8, 4) is 0 Å². The van der Waals surface area contributed by atoms with Crippen molar-refractivity contribution < 1.29 is 15.3 Å². The number of aliphatic hydroxyl groups is 3. The minimum atomic E-state index is -1.13. The van der Waals surface area contributed by atoms with Crippen LogP contribution in [0.3, 0.4) is 0 Å². The first kappa shape index (κ1) is 11.0. The zero-order chi connectivity index (χ0) is 10.6. The van der Waals surface area contributed by atoms with Crippen LogP contribution in [0.4, 0.5) is 0 Å². The molecule has 1 aromatic rings. The molecule has 5 nitrogen and oxygen atoms in total. The predicted octanol–water partition coefficient (Wildman–Crippen LogP) is -0.958. The zero-order valence-corrected chi connectivity index (χ0v) is 7.96. The van der Waals surface area contributed by atoms with Crippen molar-refractivity contribution in [2.24, 2.45) is 0 Å². The van der Waals surface area contributed by atoms with Crippen molar-refractivity contribution in [2.45, 2.75) is 25.6 Å². The van der Waals surface area contributed by atoms with E-state index in [0.717, 1.165) is 5.69 Å². The average Bonchev–Trinajstić information content (AvgIpc) is 2.20. The second kappa shape index (κ2) is 4.99. The molecule has 2 atom stereocenters. The maximum Gasteiger partial charge on any atom is 0.103 e. The number of hydrogen-bond acceptors (Lipinski definition) is 5. The summed E-state index contributed by atoms with van der Waals surface area (Å²) in [5.41, 5.74) is 1.35. The summed E-state index contributed by atoms with van der Waals surface area (Å²) >= 11 is 0. The van der Waals surface area contributed by atoms with Gasteiger partial charge in [-0.05, 0) is 6.92 Å². The van der Waals surface area contributed by atoms with E-state index in [2.05, 4.69) is 9.97 Å². The number of hydrogen-bond donors (Lipinski definition) is 3. The number of aromatic nitrogens is 2. The van der Waals surface area contributed by atoms with E-state index in [1.807, 2.05) is 0 Å². The molecule has 14 heavy (non-hydrogen) atoms. The number of rotatable bonds is 4. The number of aliphatic hydroxyl groups excluding tert-OH is 3. The van der Waals surface area contributed by atoms with Crippen molar-refractivity contribution in [1.82, 2.24) is 9.97 Å². The highest BCUT2D eigenvalue weighted by Gasteiger charge is 2.17. The van der Waals surface area contributed by atoms with E-state index in [9.17, 15) is 5.11 Å². The Kier molecular flexibility index (Phi) is 3.94. The van der Waals surface area contributed by atoms with Crippen LogP contribution in [0.5, 0.6) is 0 Å². The normalized spacial score (nSPS) is 15.1. The average molecular weight is 198 g/mol. The molecule has 0 aliphatic heterocycles. The van der Waals surface area contributed by atoms with Crippen molar-refractivity contribution in [2.75, 3.05) is 6.61 Å². The molecule has 0 aromatic carbocycles. The van der Waals surface area contributed by atoms with E-state index in [-0.39, 0.29) is 6.42 Å². The Bertz CT molecular complexity index is 293. The molecule has 0 bridgehead atoms. The first-order valence-corrected chi connectivity index (χ1v) is 4.38. The van der Waals surface area contributed by atoms with Crippen molar-refractivity contribution >= 4 is 0 Å². The van der Waals surface area contributed by atoms with E-state index in [0.29, 0.717) is 5.69 Å². The largest absolute Gasteiger partial charge is 0.394 e. The fraction of sp³-hybridized carbons (Fsp3) is 0.556. The fourth-order valence-corrected chi connectivity index (χ4v) is 1.09. The molecule has 0 amide bonds. The predicted molar refractivity (Wildman–Crippen MR) is 49.6 cm³/mol. The highest BCUT2D eigenvalue weighted by atomic mass is 16.4. The van der Waals surface area contributed by atoms with Gasteiger partial charge >= 0.3 is 0 Å². The minimum Gasteiger partial charge on any atom is -0.394 e. The molecular formula is C9H14N2O3. The van der Waals surface area contributed by atoms with Crippen LogP contribution in [0.1, 0.15) is 11.4 Å². The fourth-order valence-electron chi connectivity index (χ4n) is 1.09. The number of nitrogens with zero attached hydrogens (tertiary/aromatic N) is 2. The van der Waals surface area contributed by atoms with Crippen LogP contribution in [0.2, 0.25) is 0 Å². The van der Waals surface area contributed by atoms with Gasteiger partial charge in [0.2, 0.25) is 0 Å². The first-order valence-electron chi connectivity index (χ1n) is 4.38. The Hall–Kier alpha value is -1.04. The summed E-state index contributed by atoms with van der Waals surface area (Å²) < 4.78 is 0. The van der Waals surface area contributed by atoms with Crippen LogP contribution in [-0.4, -0.2) is 44.1 Å². The van der Waals surface area contributed by atoms with Gasteiger partial charge in [0.25, 0.3) is 0 Å². The maximum absolute atomic E-state index is 9.42. The Morgan fingerprint density at radius 2 is 1.86 bits per heavy atom. The quantitative estimate of drug-likeness (QED) is 0.580. The second-order valence-corrected chi connectivity index (χ2v) is 3.11. The molecule has 0 aliphatic carbocycles.